The number of amides is 1. The molecule has 1 amide bonds. The highest BCUT2D eigenvalue weighted by Crippen LogP contribution is 2.15. The van der Waals surface area contributed by atoms with Gasteiger partial charge in [0.15, 0.2) is 0 Å². The first-order valence-electron chi connectivity index (χ1n) is 5.69. The Morgan fingerprint density at radius 2 is 2.38 bits per heavy atom. The standard InChI is InChI=1S/C11H17N3OS/c15-11(5-9-1-3-12-4-2-9)13-6-10-7-16-8-14-10/h7-9,12H,1-6H2,(H,13,15). The van der Waals surface area contributed by atoms with Crippen LogP contribution in [0.15, 0.2) is 10.9 Å². The fourth-order valence-corrected chi connectivity index (χ4v) is 2.49. The molecule has 1 saturated heterocycles. The number of rotatable bonds is 4. The predicted octanol–water partition coefficient (Wildman–Crippen LogP) is 1.15. The fraction of sp³-hybridized carbons (Fsp3) is 0.636. The van der Waals surface area contributed by atoms with Crippen molar-refractivity contribution < 1.29 is 4.79 Å². The van der Waals surface area contributed by atoms with Crippen molar-refractivity contribution in [1.82, 2.24) is 15.6 Å². The van der Waals surface area contributed by atoms with Gasteiger partial charge in [-0.05, 0) is 31.8 Å². The second kappa shape index (κ2) is 5.96. The molecule has 1 aromatic rings. The largest absolute Gasteiger partial charge is 0.350 e. The summed E-state index contributed by atoms with van der Waals surface area (Å²) in [5, 5.41) is 8.18. The lowest BCUT2D eigenvalue weighted by atomic mass is 9.94. The molecule has 16 heavy (non-hydrogen) atoms. The molecule has 0 aromatic carbocycles. The van der Waals surface area contributed by atoms with Crippen molar-refractivity contribution in [2.75, 3.05) is 13.1 Å². The molecule has 1 aliphatic heterocycles. The second-order valence-corrected chi connectivity index (χ2v) is 4.87. The molecule has 0 atom stereocenters. The summed E-state index contributed by atoms with van der Waals surface area (Å²) in [6.07, 6.45) is 2.89. The van der Waals surface area contributed by atoms with Gasteiger partial charge in [-0.1, -0.05) is 0 Å². The average molecular weight is 239 g/mol. The predicted molar refractivity (Wildman–Crippen MR) is 64.2 cm³/mol. The Bertz CT molecular complexity index is 320. The van der Waals surface area contributed by atoms with Crippen LogP contribution in [0.25, 0.3) is 0 Å². The summed E-state index contributed by atoms with van der Waals surface area (Å²) in [5.74, 6) is 0.705. The summed E-state index contributed by atoms with van der Waals surface area (Å²) in [6, 6.07) is 0. The van der Waals surface area contributed by atoms with Crippen LogP contribution in [0.2, 0.25) is 0 Å². The molecule has 0 radical (unpaired) electrons. The molecule has 0 saturated carbocycles. The Morgan fingerprint density at radius 3 is 3.06 bits per heavy atom. The van der Waals surface area contributed by atoms with Gasteiger partial charge in [-0.3, -0.25) is 4.79 Å². The lowest BCUT2D eigenvalue weighted by molar-refractivity contribution is -0.122. The van der Waals surface area contributed by atoms with Gasteiger partial charge in [0.05, 0.1) is 17.7 Å². The Hall–Kier alpha value is -0.940. The van der Waals surface area contributed by atoms with Gasteiger partial charge in [0, 0.05) is 11.8 Å². The highest BCUT2D eigenvalue weighted by atomic mass is 32.1. The van der Waals surface area contributed by atoms with E-state index in [0.717, 1.165) is 31.6 Å². The van der Waals surface area contributed by atoms with E-state index in [2.05, 4.69) is 15.6 Å². The Balaban J connectivity index is 1.67. The summed E-state index contributed by atoms with van der Waals surface area (Å²) >= 11 is 1.56. The number of nitrogens with zero attached hydrogens (tertiary/aromatic N) is 1. The highest BCUT2D eigenvalue weighted by molar-refractivity contribution is 7.07. The van der Waals surface area contributed by atoms with Gasteiger partial charge in [-0.2, -0.15) is 0 Å². The molecule has 5 heteroatoms. The number of carbonyl (C=O) groups is 1. The van der Waals surface area contributed by atoms with Crippen LogP contribution in [0.5, 0.6) is 0 Å². The summed E-state index contributed by atoms with van der Waals surface area (Å²) in [4.78, 5) is 15.8. The number of carbonyl (C=O) groups excluding carboxylic acids is 1. The van der Waals surface area contributed by atoms with Gasteiger partial charge >= 0.3 is 0 Å². The highest BCUT2D eigenvalue weighted by Gasteiger charge is 2.16. The lowest BCUT2D eigenvalue weighted by Gasteiger charge is -2.21. The Labute approximate surface area is 99.5 Å². The lowest BCUT2D eigenvalue weighted by Crippen LogP contribution is -2.32. The van der Waals surface area contributed by atoms with E-state index in [9.17, 15) is 4.79 Å². The van der Waals surface area contributed by atoms with Crippen molar-refractivity contribution in [3.8, 4) is 0 Å². The summed E-state index contributed by atoms with van der Waals surface area (Å²) in [5.41, 5.74) is 2.73. The van der Waals surface area contributed by atoms with E-state index in [-0.39, 0.29) is 5.91 Å². The number of nitrogens with one attached hydrogen (secondary N) is 2. The molecule has 1 fully saturated rings. The molecule has 0 spiro atoms. The number of hydrogen-bond acceptors (Lipinski definition) is 4. The van der Waals surface area contributed by atoms with Crippen molar-refractivity contribution in [1.29, 1.82) is 0 Å². The van der Waals surface area contributed by atoms with E-state index in [0.29, 0.717) is 18.9 Å². The Morgan fingerprint density at radius 1 is 1.56 bits per heavy atom. The van der Waals surface area contributed by atoms with Gasteiger partial charge in [0.25, 0.3) is 0 Å². The molecule has 88 valence electrons. The first-order chi connectivity index (χ1) is 7.84. The maximum atomic E-state index is 11.7. The first-order valence-corrected chi connectivity index (χ1v) is 6.63. The van der Waals surface area contributed by atoms with E-state index in [1.807, 2.05) is 5.38 Å². The second-order valence-electron chi connectivity index (χ2n) is 4.15. The van der Waals surface area contributed by atoms with E-state index in [1.54, 1.807) is 16.8 Å². The SMILES string of the molecule is O=C(CC1CCNCC1)NCc1cscn1. The minimum atomic E-state index is 0.153. The van der Waals surface area contributed by atoms with Crippen LogP contribution >= 0.6 is 11.3 Å². The van der Waals surface area contributed by atoms with Gasteiger partial charge in [0.1, 0.15) is 0 Å². The van der Waals surface area contributed by atoms with E-state index in [1.165, 1.54) is 0 Å². The quantitative estimate of drug-likeness (QED) is 0.828. The van der Waals surface area contributed by atoms with E-state index < -0.39 is 0 Å². The molecular formula is C11H17N3OS. The van der Waals surface area contributed by atoms with Crippen LogP contribution < -0.4 is 10.6 Å². The van der Waals surface area contributed by atoms with Crippen molar-refractivity contribution in [3.05, 3.63) is 16.6 Å². The molecule has 0 bridgehead atoms. The first kappa shape index (κ1) is 11.5. The van der Waals surface area contributed by atoms with E-state index >= 15 is 0 Å². The molecule has 1 aliphatic rings. The molecule has 0 aliphatic carbocycles. The smallest absolute Gasteiger partial charge is 0.220 e. The minimum absolute atomic E-state index is 0.153. The van der Waals surface area contributed by atoms with Crippen LogP contribution in [-0.4, -0.2) is 24.0 Å². The normalized spacial score (nSPS) is 17.2. The maximum Gasteiger partial charge on any atom is 0.220 e. The van der Waals surface area contributed by atoms with Gasteiger partial charge in [-0.15, -0.1) is 11.3 Å². The zero-order valence-corrected chi connectivity index (χ0v) is 10.1. The minimum Gasteiger partial charge on any atom is -0.350 e. The van der Waals surface area contributed by atoms with Crippen molar-refractivity contribution in [2.45, 2.75) is 25.8 Å². The molecule has 1 aromatic heterocycles. The molecule has 2 rings (SSSR count). The van der Waals surface area contributed by atoms with Crippen LogP contribution in [0.3, 0.4) is 0 Å². The van der Waals surface area contributed by atoms with Crippen LogP contribution in [0.4, 0.5) is 0 Å². The number of hydrogen-bond donors (Lipinski definition) is 2. The third kappa shape index (κ3) is 3.57. The van der Waals surface area contributed by atoms with Gasteiger partial charge in [-0.25, -0.2) is 4.98 Å². The average Bonchev–Trinajstić information content (AvgIpc) is 2.81. The van der Waals surface area contributed by atoms with Gasteiger partial charge in [0.2, 0.25) is 5.91 Å². The summed E-state index contributed by atoms with van der Waals surface area (Å²) < 4.78 is 0. The number of thiazole rings is 1. The zero-order chi connectivity index (χ0) is 11.2. The molecular weight excluding hydrogens is 222 g/mol. The van der Waals surface area contributed by atoms with Crippen LogP contribution in [0, 0.1) is 5.92 Å². The van der Waals surface area contributed by atoms with Crippen LogP contribution in [-0.2, 0) is 11.3 Å². The van der Waals surface area contributed by atoms with E-state index in [4.69, 9.17) is 0 Å². The van der Waals surface area contributed by atoms with Crippen LogP contribution in [0.1, 0.15) is 25.0 Å². The fourth-order valence-electron chi connectivity index (χ4n) is 1.93. The summed E-state index contributed by atoms with van der Waals surface area (Å²) in [6.45, 7) is 2.65. The third-order valence-corrected chi connectivity index (χ3v) is 3.52. The zero-order valence-electron chi connectivity index (χ0n) is 9.24. The van der Waals surface area contributed by atoms with Crippen molar-refractivity contribution in [3.63, 3.8) is 0 Å². The molecule has 2 N–H and O–H groups in total. The van der Waals surface area contributed by atoms with Crippen molar-refractivity contribution in [2.24, 2.45) is 5.92 Å². The topological polar surface area (TPSA) is 54.0 Å². The van der Waals surface area contributed by atoms with Gasteiger partial charge < -0.3 is 10.6 Å². The molecule has 4 nitrogen and oxygen atoms in total. The Kier molecular flexibility index (Phi) is 4.30. The summed E-state index contributed by atoms with van der Waals surface area (Å²) in [7, 11) is 0. The monoisotopic (exact) mass is 239 g/mol. The number of piperidine rings is 1. The number of aromatic nitrogens is 1. The third-order valence-electron chi connectivity index (χ3n) is 2.88. The van der Waals surface area contributed by atoms with Crippen molar-refractivity contribution >= 4 is 17.2 Å². The maximum absolute atomic E-state index is 11.7. The molecule has 2 heterocycles. The molecule has 0 unspecified atom stereocenters.